The Labute approximate surface area is 82.9 Å². The van der Waals surface area contributed by atoms with Gasteiger partial charge in [0, 0.05) is 24.4 Å². The van der Waals surface area contributed by atoms with E-state index in [1.165, 1.54) is 0 Å². The van der Waals surface area contributed by atoms with Gasteiger partial charge in [0.25, 0.3) is 0 Å². The predicted molar refractivity (Wildman–Crippen MR) is 52.9 cm³/mol. The van der Waals surface area contributed by atoms with E-state index in [-0.39, 0.29) is 6.10 Å². The van der Waals surface area contributed by atoms with Crippen molar-refractivity contribution in [2.45, 2.75) is 26.5 Å². The van der Waals surface area contributed by atoms with Crippen LogP contribution in [0.5, 0.6) is 5.75 Å². The first-order valence-corrected chi connectivity index (χ1v) is 4.52. The maximum atomic E-state index is 5.73. The lowest BCUT2D eigenvalue weighted by molar-refractivity contribution is 0.240. The monoisotopic (exact) mass is 200 g/mol. The molecule has 1 aromatic rings. The predicted octanol–water partition coefficient (Wildman–Crippen LogP) is 1.98. The summed E-state index contributed by atoms with van der Waals surface area (Å²) in [5, 5.41) is 0.424. The first-order valence-electron chi connectivity index (χ1n) is 4.14. The van der Waals surface area contributed by atoms with E-state index in [1.807, 2.05) is 13.8 Å². The van der Waals surface area contributed by atoms with E-state index >= 15 is 0 Å². The first-order chi connectivity index (χ1) is 6.13. The van der Waals surface area contributed by atoms with Gasteiger partial charge < -0.3 is 10.5 Å². The minimum absolute atomic E-state index is 0.115. The molecule has 3 nitrogen and oxygen atoms in total. The largest absolute Gasteiger partial charge is 0.491 e. The van der Waals surface area contributed by atoms with Crippen LogP contribution in [0.15, 0.2) is 12.3 Å². The Morgan fingerprint density at radius 1 is 1.62 bits per heavy atom. The molecule has 0 spiro atoms. The van der Waals surface area contributed by atoms with Crippen molar-refractivity contribution in [2.75, 3.05) is 0 Å². The Balaban J connectivity index is 2.94. The second kappa shape index (κ2) is 4.44. The Kier molecular flexibility index (Phi) is 3.51. The lowest BCUT2D eigenvalue weighted by atomic mass is 10.2. The van der Waals surface area contributed by atoms with Gasteiger partial charge in [-0.3, -0.25) is 0 Å². The van der Waals surface area contributed by atoms with Crippen molar-refractivity contribution in [3.05, 3.63) is 23.0 Å². The normalized spacial score (nSPS) is 10.5. The van der Waals surface area contributed by atoms with Gasteiger partial charge in [-0.25, -0.2) is 4.98 Å². The van der Waals surface area contributed by atoms with Gasteiger partial charge in [0.2, 0.25) is 0 Å². The van der Waals surface area contributed by atoms with Gasteiger partial charge in [-0.2, -0.15) is 0 Å². The molecule has 0 atom stereocenters. The molecule has 0 radical (unpaired) electrons. The van der Waals surface area contributed by atoms with Gasteiger partial charge in [-0.1, -0.05) is 11.6 Å². The van der Waals surface area contributed by atoms with E-state index in [2.05, 4.69) is 4.98 Å². The van der Waals surface area contributed by atoms with Gasteiger partial charge >= 0.3 is 0 Å². The van der Waals surface area contributed by atoms with Crippen LogP contribution in [0, 0.1) is 0 Å². The average Bonchev–Trinajstić information content (AvgIpc) is 2.03. The van der Waals surface area contributed by atoms with Crippen LogP contribution in [-0.2, 0) is 6.54 Å². The lowest BCUT2D eigenvalue weighted by Gasteiger charge is -2.12. The zero-order valence-electron chi connectivity index (χ0n) is 7.75. The van der Waals surface area contributed by atoms with Crippen molar-refractivity contribution in [3.63, 3.8) is 0 Å². The fourth-order valence-corrected chi connectivity index (χ4v) is 1.11. The van der Waals surface area contributed by atoms with Crippen LogP contribution < -0.4 is 10.5 Å². The van der Waals surface area contributed by atoms with Gasteiger partial charge in [0.15, 0.2) is 0 Å². The molecule has 0 amide bonds. The van der Waals surface area contributed by atoms with Gasteiger partial charge in [0.1, 0.15) is 10.9 Å². The number of ether oxygens (including phenoxy) is 1. The zero-order valence-corrected chi connectivity index (χ0v) is 8.51. The minimum Gasteiger partial charge on any atom is -0.491 e. The third kappa shape index (κ3) is 2.86. The highest BCUT2D eigenvalue weighted by Gasteiger charge is 2.05. The summed E-state index contributed by atoms with van der Waals surface area (Å²) in [4.78, 5) is 3.92. The molecule has 0 aliphatic heterocycles. The first kappa shape index (κ1) is 10.3. The lowest BCUT2D eigenvalue weighted by Crippen LogP contribution is -2.09. The van der Waals surface area contributed by atoms with Gasteiger partial charge in [0.05, 0.1) is 6.10 Å². The topological polar surface area (TPSA) is 48.1 Å². The van der Waals surface area contributed by atoms with Crippen LogP contribution >= 0.6 is 11.6 Å². The van der Waals surface area contributed by atoms with Crippen molar-refractivity contribution in [3.8, 4) is 5.75 Å². The number of hydrogen-bond donors (Lipinski definition) is 1. The molecule has 1 rings (SSSR count). The van der Waals surface area contributed by atoms with Crippen LogP contribution in [0.25, 0.3) is 0 Å². The molecule has 13 heavy (non-hydrogen) atoms. The molecule has 0 aliphatic carbocycles. The Morgan fingerprint density at radius 2 is 2.31 bits per heavy atom. The van der Waals surface area contributed by atoms with E-state index < -0.39 is 0 Å². The van der Waals surface area contributed by atoms with Crippen molar-refractivity contribution >= 4 is 11.6 Å². The summed E-state index contributed by atoms with van der Waals surface area (Å²) in [6.07, 6.45) is 1.75. The van der Waals surface area contributed by atoms with Crippen LogP contribution in [0.3, 0.4) is 0 Å². The van der Waals surface area contributed by atoms with Crippen molar-refractivity contribution in [2.24, 2.45) is 5.73 Å². The number of aromatic nitrogens is 1. The van der Waals surface area contributed by atoms with E-state index in [1.54, 1.807) is 12.3 Å². The summed E-state index contributed by atoms with van der Waals surface area (Å²) in [6, 6.07) is 1.68. The fourth-order valence-electron chi connectivity index (χ4n) is 0.958. The zero-order chi connectivity index (χ0) is 9.84. The molecule has 0 aliphatic rings. The number of rotatable bonds is 3. The number of hydrogen-bond acceptors (Lipinski definition) is 3. The fraction of sp³-hybridized carbons (Fsp3) is 0.444. The number of pyridine rings is 1. The third-order valence-electron chi connectivity index (χ3n) is 1.49. The molecule has 0 fully saturated rings. The van der Waals surface area contributed by atoms with Crippen molar-refractivity contribution < 1.29 is 4.74 Å². The Morgan fingerprint density at radius 3 is 2.85 bits per heavy atom. The molecular weight excluding hydrogens is 188 g/mol. The average molecular weight is 201 g/mol. The van der Waals surface area contributed by atoms with Gasteiger partial charge in [-0.15, -0.1) is 0 Å². The summed E-state index contributed by atoms with van der Waals surface area (Å²) < 4.78 is 5.51. The highest BCUT2D eigenvalue weighted by molar-refractivity contribution is 6.29. The number of halogens is 1. The van der Waals surface area contributed by atoms with Crippen LogP contribution in [0.4, 0.5) is 0 Å². The molecular formula is C9H13ClN2O. The molecule has 0 saturated carbocycles. The Hall–Kier alpha value is -0.800. The maximum Gasteiger partial charge on any atom is 0.132 e. The second-order valence-corrected chi connectivity index (χ2v) is 3.37. The molecule has 1 aromatic heterocycles. The van der Waals surface area contributed by atoms with Crippen LogP contribution in [0.1, 0.15) is 19.4 Å². The summed E-state index contributed by atoms with van der Waals surface area (Å²) >= 11 is 5.73. The van der Waals surface area contributed by atoms with E-state index in [0.29, 0.717) is 11.7 Å². The SMILES string of the molecule is CC(C)Oc1cc(Cl)ncc1CN. The summed E-state index contributed by atoms with van der Waals surface area (Å²) in [5.74, 6) is 0.720. The highest BCUT2D eigenvalue weighted by Crippen LogP contribution is 2.21. The van der Waals surface area contributed by atoms with Crippen molar-refractivity contribution in [1.82, 2.24) is 4.98 Å². The summed E-state index contributed by atoms with van der Waals surface area (Å²) in [5.41, 5.74) is 6.39. The minimum atomic E-state index is 0.115. The standard InChI is InChI=1S/C9H13ClN2O/c1-6(2)13-8-3-9(10)12-5-7(8)4-11/h3,5-6H,4,11H2,1-2H3. The molecule has 0 aromatic carbocycles. The molecule has 72 valence electrons. The third-order valence-corrected chi connectivity index (χ3v) is 1.70. The van der Waals surface area contributed by atoms with E-state index in [4.69, 9.17) is 22.1 Å². The Bertz CT molecular complexity index is 289. The maximum absolute atomic E-state index is 5.73. The van der Waals surface area contributed by atoms with Gasteiger partial charge in [-0.05, 0) is 13.8 Å². The quantitative estimate of drug-likeness (QED) is 0.760. The smallest absolute Gasteiger partial charge is 0.132 e. The van der Waals surface area contributed by atoms with Crippen LogP contribution in [-0.4, -0.2) is 11.1 Å². The van der Waals surface area contributed by atoms with E-state index in [0.717, 1.165) is 11.3 Å². The number of nitrogens with zero attached hydrogens (tertiary/aromatic N) is 1. The molecule has 1 heterocycles. The summed E-state index contributed by atoms with van der Waals surface area (Å²) in [7, 11) is 0. The second-order valence-electron chi connectivity index (χ2n) is 2.99. The van der Waals surface area contributed by atoms with Crippen LogP contribution in [0.2, 0.25) is 5.15 Å². The molecule has 2 N–H and O–H groups in total. The molecule has 0 saturated heterocycles. The summed E-state index contributed by atoms with van der Waals surface area (Å²) in [6.45, 7) is 4.31. The number of nitrogens with two attached hydrogens (primary N) is 1. The molecule has 0 unspecified atom stereocenters. The molecule has 0 bridgehead atoms. The highest BCUT2D eigenvalue weighted by atomic mass is 35.5. The van der Waals surface area contributed by atoms with Crippen molar-refractivity contribution in [1.29, 1.82) is 0 Å². The van der Waals surface area contributed by atoms with E-state index in [9.17, 15) is 0 Å². The molecule has 4 heteroatoms.